The van der Waals surface area contributed by atoms with Crippen molar-refractivity contribution in [1.29, 1.82) is 0 Å². The van der Waals surface area contributed by atoms with Crippen molar-refractivity contribution in [3.63, 3.8) is 0 Å². The fourth-order valence-corrected chi connectivity index (χ4v) is 5.21. The standard InChI is InChI=1S/C32H30FN3O5S.Na/c33-26-19-24(15-16-30(26)41-17-9-1-2-10-18-42(38,39)40)21-28-32(37)36-22-29(25-13-7-4-8-14-25)34-27(31(36)35-28)20-23-11-5-3-6-12-23;/h3-8,11-16,19,21-22H,1-2,9-10,17-18,20H2,(H,38,39,40);/q;+1/p-1/b28-21-;. The molecule has 3 aromatic rings. The molecule has 0 aromatic heterocycles. The van der Waals surface area contributed by atoms with Gasteiger partial charge >= 0.3 is 29.6 Å². The Balaban J connectivity index is 0.00000423. The number of amides is 1. The Bertz CT molecular complexity index is 1690. The van der Waals surface area contributed by atoms with Crippen LogP contribution in [0.25, 0.3) is 11.8 Å². The fourth-order valence-electron chi connectivity index (χ4n) is 4.65. The van der Waals surface area contributed by atoms with E-state index < -0.39 is 15.9 Å². The number of nitrogens with zero attached hydrogens (tertiary/aromatic N) is 3. The van der Waals surface area contributed by atoms with Crippen LogP contribution in [0.4, 0.5) is 4.39 Å². The van der Waals surface area contributed by atoms with Crippen LogP contribution in [0.15, 0.2) is 101 Å². The average molecular weight is 610 g/mol. The van der Waals surface area contributed by atoms with Crippen LogP contribution in [0.3, 0.4) is 0 Å². The Morgan fingerprint density at radius 3 is 2.30 bits per heavy atom. The zero-order chi connectivity index (χ0) is 29.5. The molecule has 0 fully saturated rings. The van der Waals surface area contributed by atoms with Crippen molar-refractivity contribution in [3.05, 3.63) is 113 Å². The monoisotopic (exact) mass is 609 g/mol. The minimum atomic E-state index is -4.19. The van der Waals surface area contributed by atoms with Crippen molar-refractivity contribution in [2.75, 3.05) is 12.4 Å². The van der Waals surface area contributed by atoms with Crippen LogP contribution in [-0.2, 0) is 21.3 Å². The van der Waals surface area contributed by atoms with E-state index >= 15 is 0 Å². The van der Waals surface area contributed by atoms with Gasteiger partial charge < -0.3 is 9.29 Å². The number of hydrogen-bond acceptors (Lipinski definition) is 7. The van der Waals surface area contributed by atoms with Gasteiger partial charge in [0, 0.05) is 23.9 Å². The molecule has 2 aliphatic heterocycles. The van der Waals surface area contributed by atoms with Gasteiger partial charge in [0.05, 0.1) is 28.1 Å². The smallest absolute Gasteiger partial charge is 0.748 e. The molecule has 2 heterocycles. The molecule has 8 nitrogen and oxygen atoms in total. The predicted molar refractivity (Wildman–Crippen MR) is 159 cm³/mol. The van der Waals surface area contributed by atoms with Gasteiger partial charge in [0.2, 0.25) is 0 Å². The molecular weight excluding hydrogens is 580 g/mol. The quantitative estimate of drug-likeness (QED) is 0.136. The molecule has 11 heteroatoms. The number of amidine groups is 1. The molecule has 43 heavy (non-hydrogen) atoms. The fraction of sp³-hybridized carbons (Fsp3) is 0.219. The van der Waals surface area contributed by atoms with E-state index in [0.29, 0.717) is 54.9 Å². The Kier molecular flexibility index (Phi) is 11.2. The molecule has 2 aliphatic rings. The Morgan fingerprint density at radius 2 is 1.60 bits per heavy atom. The molecule has 216 valence electrons. The van der Waals surface area contributed by atoms with Crippen molar-refractivity contribution < 1.29 is 56.4 Å². The number of aliphatic imine (C=N–C) groups is 2. The summed E-state index contributed by atoms with van der Waals surface area (Å²) >= 11 is 0. The molecule has 0 unspecified atom stereocenters. The third kappa shape index (κ3) is 8.81. The molecule has 1 amide bonds. The van der Waals surface area contributed by atoms with Gasteiger partial charge in [-0.1, -0.05) is 79.6 Å². The van der Waals surface area contributed by atoms with E-state index in [-0.39, 0.29) is 59.3 Å². The number of hydrogen-bond donors (Lipinski definition) is 0. The molecule has 0 radical (unpaired) electrons. The summed E-state index contributed by atoms with van der Waals surface area (Å²) in [5, 5.41) is 0. The number of ether oxygens (including phenoxy) is 1. The second-order valence-electron chi connectivity index (χ2n) is 9.96. The normalized spacial score (nSPS) is 15.4. The number of benzene rings is 3. The van der Waals surface area contributed by atoms with E-state index in [1.54, 1.807) is 18.3 Å². The molecule has 0 bridgehead atoms. The van der Waals surface area contributed by atoms with Crippen LogP contribution in [0.5, 0.6) is 5.75 Å². The van der Waals surface area contributed by atoms with Gasteiger partial charge in [-0.2, -0.15) is 0 Å². The molecule has 5 rings (SSSR count). The van der Waals surface area contributed by atoms with Crippen LogP contribution in [0.1, 0.15) is 42.4 Å². The van der Waals surface area contributed by atoms with Gasteiger partial charge in [0.1, 0.15) is 5.70 Å². The largest absolute Gasteiger partial charge is 1.00 e. The second-order valence-corrected chi connectivity index (χ2v) is 11.5. The molecule has 0 N–H and O–H groups in total. The van der Waals surface area contributed by atoms with E-state index in [4.69, 9.17) is 9.73 Å². The number of carbonyl (C=O) groups is 1. The van der Waals surface area contributed by atoms with Gasteiger partial charge in [-0.25, -0.2) is 22.8 Å². The first-order valence-corrected chi connectivity index (χ1v) is 15.2. The van der Waals surface area contributed by atoms with Gasteiger partial charge in [0.25, 0.3) is 5.91 Å². The second kappa shape index (κ2) is 14.9. The van der Waals surface area contributed by atoms with Gasteiger partial charge in [0.15, 0.2) is 17.4 Å². The number of unbranched alkanes of at least 4 members (excludes halogenated alkanes) is 3. The average Bonchev–Trinajstić information content (AvgIpc) is 3.29. The summed E-state index contributed by atoms with van der Waals surface area (Å²) in [4.78, 5) is 24.4. The van der Waals surface area contributed by atoms with E-state index in [1.807, 2.05) is 60.7 Å². The Morgan fingerprint density at radius 1 is 0.907 bits per heavy atom. The Hall–Kier alpha value is -3.41. The summed E-state index contributed by atoms with van der Waals surface area (Å²) in [6.07, 6.45) is 5.84. The minimum Gasteiger partial charge on any atom is -0.748 e. The Labute approximate surface area is 272 Å². The van der Waals surface area contributed by atoms with Gasteiger partial charge in [-0.05, 0) is 42.2 Å². The molecule has 0 saturated heterocycles. The van der Waals surface area contributed by atoms with Crippen LogP contribution < -0.4 is 34.3 Å². The summed E-state index contributed by atoms with van der Waals surface area (Å²) in [6, 6.07) is 23.9. The summed E-state index contributed by atoms with van der Waals surface area (Å²) < 4.78 is 52.3. The van der Waals surface area contributed by atoms with Gasteiger partial charge in [-0.3, -0.25) is 9.69 Å². The third-order valence-corrected chi connectivity index (χ3v) is 7.54. The zero-order valence-electron chi connectivity index (χ0n) is 23.8. The van der Waals surface area contributed by atoms with Crippen molar-refractivity contribution >= 4 is 39.3 Å². The third-order valence-electron chi connectivity index (χ3n) is 6.75. The first kappa shape index (κ1) is 32.5. The summed E-state index contributed by atoms with van der Waals surface area (Å²) in [6.45, 7) is 0.252. The summed E-state index contributed by atoms with van der Waals surface area (Å²) in [5.41, 5.74) is 3.85. The maximum absolute atomic E-state index is 14.8. The molecular formula is C32H29FN3NaO5S. The number of fused-ring (bicyclic) bond motifs is 1. The SMILES string of the molecule is O=C1/C(=C/c2ccc(OCCCCCCS(=O)(=O)[O-])c(F)c2)N=C2C(Cc3ccccc3)=NC(c3ccccc3)=CN12.[Na+]. The molecule has 3 aromatic carbocycles. The van der Waals surface area contributed by atoms with Crippen LogP contribution in [-0.4, -0.2) is 47.7 Å². The molecule has 0 saturated carbocycles. The summed E-state index contributed by atoms with van der Waals surface area (Å²) in [7, 11) is -4.19. The minimum absolute atomic E-state index is 0. The van der Waals surface area contributed by atoms with Gasteiger partial charge in [-0.15, -0.1) is 0 Å². The number of rotatable bonds is 12. The van der Waals surface area contributed by atoms with Crippen molar-refractivity contribution in [2.24, 2.45) is 9.98 Å². The van der Waals surface area contributed by atoms with Crippen molar-refractivity contribution in [3.8, 4) is 5.75 Å². The first-order valence-electron chi connectivity index (χ1n) is 13.7. The molecule has 0 aliphatic carbocycles. The van der Waals surface area contributed by atoms with E-state index in [9.17, 15) is 22.2 Å². The van der Waals surface area contributed by atoms with Crippen LogP contribution >= 0.6 is 0 Å². The topological polar surface area (TPSA) is 111 Å². The van der Waals surface area contributed by atoms with E-state index in [1.165, 1.54) is 17.0 Å². The number of carbonyl (C=O) groups excluding carboxylic acids is 1. The zero-order valence-corrected chi connectivity index (χ0v) is 26.6. The molecule has 0 spiro atoms. The maximum Gasteiger partial charge on any atom is 1.00 e. The predicted octanol–water partition coefficient (Wildman–Crippen LogP) is 2.59. The summed E-state index contributed by atoms with van der Waals surface area (Å²) in [5.74, 6) is -0.757. The number of halogens is 1. The van der Waals surface area contributed by atoms with Crippen LogP contribution in [0, 0.1) is 5.82 Å². The van der Waals surface area contributed by atoms with E-state index in [2.05, 4.69) is 4.99 Å². The van der Waals surface area contributed by atoms with Crippen LogP contribution in [0.2, 0.25) is 0 Å². The van der Waals surface area contributed by atoms with E-state index in [0.717, 1.165) is 11.1 Å². The van der Waals surface area contributed by atoms with Crippen molar-refractivity contribution in [1.82, 2.24) is 4.90 Å². The first-order chi connectivity index (χ1) is 20.3. The van der Waals surface area contributed by atoms with Crippen molar-refractivity contribution in [2.45, 2.75) is 32.1 Å². The maximum atomic E-state index is 14.8. The molecule has 0 atom stereocenters.